The van der Waals surface area contributed by atoms with Crippen molar-refractivity contribution in [3.63, 3.8) is 0 Å². The summed E-state index contributed by atoms with van der Waals surface area (Å²) in [5.74, 6) is 1.49. The summed E-state index contributed by atoms with van der Waals surface area (Å²) >= 11 is 5.43. The minimum atomic E-state index is -0.0308. The highest BCUT2D eigenvalue weighted by Crippen LogP contribution is 2.25. The van der Waals surface area contributed by atoms with Gasteiger partial charge in [0.05, 0.1) is 17.2 Å². The van der Waals surface area contributed by atoms with Crippen molar-refractivity contribution in [1.82, 2.24) is 14.5 Å². The van der Waals surface area contributed by atoms with Crippen molar-refractivity contribution in [1.29, 1.82) is 0 Å². The van der Waals surface area contributed by atoms with Crippen LogP contribution in [0.15, 0.2) is 28.8 Å². The molecule has 1 unspecified atom stereocenters. The lowest BCUT2D eigenvalue weighted by Crippen LogP contribution is -2.07. The Bertz CT molecular complexity index is 796. The summed E-state index contributed by atoms with van der Waals surface area (Å²) in [6.07, 6.45) is 1.73. The van der Waals surface area contributed by atoms with Crippen LogP contribution in [-0.4, -0.2) is 14.5 Å². The van der Waals surface area contributed by atoms with Crippen molar-refractivity contribution >= 4 is 23.3 Å². The number of imidazole rings is 1. The molecule has 0 fully saturated rings. The fourth-order valence-electron chi connectivity index (χ4n) is 2.35. The van der Waals surface area contributed by atoms with Gasteiger partial charge < -0.3 is 14.0 Å². The maximum atomic E-state index is 5.61. The minimum Gasteiger partial charge on any atom is -0.444 e. The normalized spacial score (nSPS) is 13.0. The highest BCUT2D eigenvalue weighted by molar-refractivity contribution is 7.71. The smallest absolute Gasteiger partial charge is 0.217 e. The molecule has 0 bridgehead atoms. The molecule has 0 aliphatic carbocycles. The molecule has 0 aliphatic heterocycles. The van der Waals surface area contributed by atoms with Crippen LogP contribution >= 0.6 is 12.2 Å². The van der Waals surface area contributed by atoms with Gasteiger partial charge in [0.2, 0.25) is 5.89 Å². The van der Waals surface area contributed by atoms with Crippen LogP contribution in [0.5, 0.6) is 0 Å². The molecule has 1 atom stereocenters. The van der Waals surface area contributed by atoms with Gasteiger partial charge in [0, 0.05) is 0 Å². The summed E-state index contributed by atoms with van der Waals surface area (Å²) in [5, 5.41) is 0. The minimum absolute atomic E-state index is 0.0308. The van der Waals surface area contributed by atoms with Crippen molar-refractivity contribution in [2.75, 3.05) is 0 Å². The van der Waals surface area contributed by atoms with Gasteiger partial charge in [-0.2, -0.15) is 0 Å². The summed E-state index contributed by atoms with van der Waals surface area (Å²) in [5.41, 5.74) is 3.33. The van der Waals surface area contributed by atoms with Crippen LogP contribution < -0.4 is 0 Å². The molecule has 3 aromatic rings. The summed E-state index contributed by atoms with van der Waals surface area (Å²) in [6, 6.07) is 6.13. The molecule has 1 N–H and O–H groups in total. The molecule has 0 spiro atoms. The number of hydrogen-bond donors (Lipinski definition) is 1. The number of benzene rings is 1. The Kier molecular flexibility index (Phi) is 2.78. The number of oxazole rings is 1. The van der Waals surface area contributed by atoms with E-state index in [0.717, 1.165) is 16.8 Å². The summed E-state index contributed by atoms with van der Waals surface area (Å²) in [6.45, 7) is 6.00. The molecule has 19 heavy (non-hydrogen) atoms. The Balaban J connectivity index is 2.23. The van der Waals surface area contributed by atoms with E-state index < -0.39 is 0 Å². The van der Waals surface area contributed by atoms with E-state index in [-0.39, 0.29) is 6.04 Å². The lowest BCUT2D eigenvalue weighted by Gasteiger charge is -2.11. The van der Waals surface area contributed by atoms with Gasteiger partial charge in [-0.05, 0) is 44.6 Å². The Morgan fingerprint density at radius 3 is 2.84 bits per heavy atom. The second-order valence-electron chi connectivity index (χ2n) is 4.75. The van der Waals surface area contributed by atoms with E-state index in [4.69, 9.17) is 16.6 Å². The van der Waals surface area contributed by atoms with Gasteiger partial charge in [-0.15, -0.1) is 0 Å². The lowest BCUT2D eigenvalue weighted by molar-refractivity contribution is 0.417. The van der Waals surface area contributed by atoms with E-state index in [1.807, 2.05) is 24.5 Å². The Morgan fingerprint density at radius 1 is 1.37 bits per heavy atom. The van der Waals surface area contributed by atoms with Crippen LogP contribution in [0.25, 0.3) is 11.0 Å². The van der Waals surface area contributed by atoms with Gasteiger partial charge in [-0.1, -0.05) is 12.1 Å². The van der Waals surface area contributed by atoms with E-state index in [1.165, 1.54) is 5.56 Å². The van der Waals surface area contributed by atoms with E-state index >= 15 is 0 Å². The van der Waals surface area contributed by atoms with Crippen molar-refractivity contribution in [3.8, 4) is 0 Å². The fourth-order valence-corrected chi connectivity index (χ4v) is 2.71. The number of fused-ring (bicyclic) bond motifs is 1. The van der Waals surface area contributed by atoms with E-state index in [0.29, 0.717) is 10.7 Å². The Morgan fingerprint density at radius 2 is 2.16 bits per heavy atom. The van der Waals surface area contributed by atoms with Gasteiger partial charge in [0.1, 0.15) is 11.8 Å². The molecule has 0 saturated carbocycles. The topological polar surface area (TPSA) is 46.8 Å². The molecule has 3 rings (SSSR count). The number of aromatic amines is 1. The first-order valence-corrected chi connectivity index (χ1v) is 6.61. The number of nitrogens with one attached hydrogen (secondary N) is 1. The van der Waals surface area contributed by atoms with Crippen molar-refractivity contribution in [3.05, 3.63) is 46.4 Å². The van der Waals surface area contributed by atoms with Gasteiger partial charge in [0.25, 0.3) is 0 Å². The molecule has 2 aromatic heterocycles. The number of aromatic nitrogens is 3. The zero-order valence-electron chi connectivity index (χ0n) is 11.1. The second kappa shape index (κ2) is 4.35. The van der Waals surface area contributed by atoms with Crippen LogP contribution in [0.4, 0.5) is 0 Å². The summed E-state index contributed by atoms with van der Waals surface area (Å²) in [7, 11) is 0. The number of aryl methyl sites for hydroxylation is 2. The van der Waals surface area contributed by atoms with Crippen LogP contribution in [0.3, 0.4) is 0 Å². The molecular weight excluding hydrogens is 258 g/mol. The molecule has 1 aromatic carbocycles. The molecule has 0 amide bonds. The van der Waals surface area contributed by atoms with Gasteiger partial charge in [-0.25, -0.2) is 4.98 Å². The van der Waals surface area contributed by atoms with Crippen molar-refractivity contribution < 1.29 is 4.42 Å². The van der Waals surface area contributed by atoms with Gasteiger partial charge in [0.15, 0.2) is 4.77 Å². The zero-order valence-corrected chi connectivity index (χ0v) is 11.9. The highest BCUT2D eigenvalue weighted by atomic mass is 32.1. The molecule has 2 heterocycles. The van der Waals surface area contributed by atoms with E-state index in [9.17, 15) is 0 Å². The maximum absolute atomic E-state index is 5.61. The third-order valence-electron chi connectivity index (χ3n) is 3.34. The molecule has 5 heteroatoms. The largest absolute Gasteiger partial charge is 0.444 e. The fraction of sp³-hybridized carbons (Fsp3) is 0.286. The number of para-hydroxylation sites is 1. The van der Waals surface area contributed by atoms with Crippen LogP contribution in [0.1, 0.15) is 30.2 Å². The summed E-state index contributed by atoms with van der Waals surface area (Å²) in [4.78, 5) is 7.56. The first-order chi connectivity index (χ1) is 9.08. The Hall–Kier alpha value is -1.88. The Labute approximate surface area is 116 Å². The number of rotatable bonds is 2. The average Bonchev–Trinajstić information content (AvgIpc) is 2.93. The van der Waals surface area contributed by atoms with Crippen LogP contribution in [0.2, 0.25) is 0 Å². The lowest BCUT2D eigenvalue weighted by atomic mass is 10.2. The predicted octanol–water partition coefficient (Wildman–Crippen LogP) is 3.91. The summed E-state index contributed by atoms with van der Waals surface area (Å²) < 4.78 is 8.34. The maximum Gasteiger partial charge on any atom is 0.217 e. The van der Waals surface area contributed by atoms with Crippen molar-refractivity contribution in [2.24, 2.45) is 0 Å². The number of H-pyrrole nitrogens is 1. The van der Waals surface area contributed by atoms with Gasteiger partial charge in [-0.3, -0.25) is 0 Å². The number of hydrogen-bond acceptors (Lipinski definition) is 3. The first kappa shape index (κ1) is 12.2. The molecule has 0 saturated heterocycles. The van der Waals surface area contributed by atoms with Crippen molar-refractivity contribution in [2.45, 2.75) is 26.8 Å². The van der Waals surface area contributed by atoms with E-state index in [1.54, 1.807) is 6.20 Å². The monoisotopic (exact) mass is 273 g/mol. The molecular formula is C14H15N3OS. The predicted molar refractivity (Wildman–Crippen MR) is 76.9 cm³/mol. The molecule has 98 valence electrons. The van der Waals surface area contributed by atoms with Crippen LogP contribution in [-0.2, 0) is 0 Å². The molecule has 0 radical (unpaired) electrons. The van der Waals surface area contributed by atoms with Crippen LogP contribution in [0, 0.1) is 18.6 Å². The quantitative estimate of drug-likeness (QED) is 0.720. The highest BCUT2D eigenvalue weighted by Gasteiger charge is 2.17. The van der Waals surface area contributed by atoms with E-state index in [2.05, 4.69) is 29.0 Å². The third kappa shape index (κ3) is 1.90. The standard InChI is InChI=1S/C14H15N3OS/c1-8-5-4-6-11-12(8)16-14(19)17(11)10(3)13-15-7-9(2)18-13/h4-7,10H,1-3H3,(H,16,19). The zero-order chi connectivity index (χ0) is 13.6. The number of nitrogens with zero attached hydrogens (tertiary/aromatic N) is 2. The molecule has 4 nitrogen and oxygen atoms in total. The SMILES string of the molecule is Cc1cnc(C(C)n2c(=S)[nH]c3c(C)cccc32)o1. The third-order valence-corrected chi connectivity index (χ3v) is 3.64. The first-order valence-electron chi connectivity index (χ1n) is 6.20. The average molecular weight is 273 g/mol. The molecule has 0 aliphatic rings. The van der Waals surface area contributed by atoms with Gasteiger partial charge >= 0.3 is 0 Å². The second-order valence-corrected chi connectivity index (χ2v) is 5.14.